The molecule has 4 heteroatoms. The fourth-order valence-electron chi connectivity index (χ4n) is 3.78. The van der Waals surface area contributed by atoms with Gasteiger partial charge >= 0.3 is 6.03 Å². The van der Waals surface area contributed by atoms with E-state index in [4.69, 9.17) is 4.74 Å². The first kappa shape index (κ1) is 13.2. The van der Waals surface area contributed by atoms with Gasteiger partial charge in [-0.3, -0.25) is 0 Å². The summed E-state index contributed by atoms with van der Waals surface area (Å²) >= 11 is 0. The van der Waals surface area contributed by atoms with Crippen molar-refractivity contribution in [3.8, 4) is 0 Å². The van der Waals surface area contributed by atoms with E-state index in [-0.39, 0.29) is 6.03 Å². The van der Waals surface area contributed by atoms with E-state index in [9.17, 15) is 4.79 Å². The lowest BCUT2D eigenvalue weighted by molar-refractivity contribution is -0.0752. The third-order valence-electron chi connectivity index (χ3n) is 4.85. The van der Waals surface area contributed by atoms with Crippen LogP contribution in [-0.2, 0) is 4.74 Å². The highest BCUT2D eigenvalue weighted by molar-refractivity contribution is 5.75. The Bertz CT molecular complexity index is 311. The fraction of sp³-hybridized carbons (Fsp3) is 0.933. The molecule has 2 atom stereocenters. The van der Waals surface area contributed by atoms with Crippen LogP contribution >= 0.6 is 0 Å². The summed E-state index contributed by atoms with van der Waals surface area (Å²) in [5.41, 5.74) is 0. The van der Waals surface area contributed by atoms with Gasteiger partial charge in [-0.15, -0.1) is 0 Å². The highest BCUT2D eigenvalue weighted by Crippen LogP contribution is 2.29. The minimum absolute atomic E-state index is 0.280. The molecule has 0 aromatic carbocycles. The summed E-state index contributed by atoms with van der Waals surface area (Å²) in [6.45, 7) is 3.42. The van der Waals surface area contributed by atoms with Crippen molar-refractivity contribution in [2.24, 2.45) is 0 Å². The zero-order valence-electron chi connectivity index (χ0n) is 11.9. The van der Waals surface area contributed by atoms with Gasteiger partial charge in [0.2, 0.25) is 0 Å². The number of hydrogen-bond acceptors (Lipinski definition) is 2. The molecule has 0 radical (unpaired) electrons. The van der Waals surface area contributed by atoms with Crippen LogP contribution in [0.15, 0.2) is 0 Å². The maximum absolute atomic E-state index is 12.8. The number of hydrogen-bond donors (Lipinski definition) is 0. The summed E-state index contributed by atoms with van der Waals surface area (Å²) in [6.07, 6.45) is 9.96. The van der Waals surface area contributed by atoms with Crippen LogP contribution in [0.2, 0.25) is 0 Å². The topological polar surface area (TPSA) is 32.8 Å². The van der Waals surface area contributed by atoms with E-state index >= 15 is 0 Å². The van der Waals surface area contributed by atoms with Crippen LogP contribution in [0.1, 0.15) is 51.4 Å². The zero-order valence-corrected chi connectivity index (χ0v) is 11.9. The zero-order chi connectivity index (χ0) is 13.1. The second kappa shape index (κ2) is 6.12. The van der Waals surface area contributed by atoms with Crippen LogP contribution < -0.4 is 0 Å². The Morgan fingerprint density at radius 3 is 2.42 bits per heavy atom. The molecular formula is C15H26N2O2. The van der Waals surface area contributed by atoms with Gasteiger partial charge in [0.1, 0.15) is 0 Å². The quantitative estimate of drug-likeness (QED) is 0.675. The molecule has 3 fully saturated rings. The van der Waals surface area contributed by atoms with Gasteiger partial charge in [0.15, 0.2) is 0 Å². The van der Waals surface area contributed by atoms with Crippen molar-refractivity contribution in [1.82, 2.24) is 9.80 Å². The van der Waals surface area contributed by atoms with Crippen molar-refractivity contribution in [3.05, 3.63) is 0 Å². The van der Waals surface area contributed by atoms with Crippen molar-refractivity contribution in [3.63, 3.8) is 0 Å². The van der Waals surface area contributed by atoms with E-state index in [0.29, 0.717) is 12.1 Å². The fourth-order valence-corrected chi connectivity index (χ4v) is 3.78. The number of nitrogens with zero attached hydrogens (tertiary/aromatic N) is 2. The smallest absolute Gasteiger partial charge is 0.320 e. The normalized spacial score (nSPS) is 32.6. The second-order valence-electron chi connectivity index (χ2n) is 6.14. The van der Waals surface area contributed by atoms with Crippen LogP contribution in [0, 0.1) is 0 Å². The summed E-state index contributed by atoms with van der Waals surface area (Å²) in [5, 5.41) is 0. The molecule has 19 heavy (non-hydrogen) atoms. The number of likely N-dealkylation sites (tertiary alicyclic amines) is 1. The Labute approximate surface area is 116 Å². The minimum atomic E-state index is 0.280. The molecule has 2 unspecified atom stereocenters. The van der Waals surface area contributed by atoms with E-state index in [1.54, 1.807) is 0 Å². The lowest BCUT2D eigenvalue weighted by Crippen LogP contribution is -2.58. The Morgan fingerprint density at radius 2 is 1.63 bits per heavy atom. The molecule has 3 rings (SSSR count). The Morgan fingerprint density at radius 1 is 0.895 bits per heavy atom. The summed E-state index contributed by atoms with van der Waals surface area (Å²) in [4.78, 5) is 17.0. The number of amides is 2. The molecule has 0 aromatic rings. The third-order valence-corrected chi connectivity index (χ3v) is 4.85. The van der Waals surface area contributed by atoms with Crippen molar-refractivity contribution >= 4 is 6.03 Å². The van der Waals surface area contributed by atoms with E-state index in [2.05, 4.69) is 9.80 Å². The first-order valence-electron chi connectivity index (χ1n) is 8.03. The minimum Gasteiger partial charge on any atom is -0.374 e. The van der Waals surface area contributed by atoms with Gasteiger partial charge < -0.3 is 14.5 Å². The predicted octanol–water partition coefficient (Wildman–Crippen LogP) is 2.63. The first-order valence-corrected chi connectivity index (χ1v) is 8.03. The number of carbonyl (C=O) groups is 1. The van der Waals surface area contributed by atoms with Gasteiger partial charge in [-0.2, -0.15) is 0 Å². The van der Waals surface area contributed by atoms with Gasteiger partial charge in [0.05, 0.1) is 18.8 Å². The maximum Gasteiger partial charge on any atom is 0.320 e. The predicted molar refractivity (Wildman–Crippen MR) is 74.1 cm³/mol. The van der Waals surface area contributed by atoms with Gasteiger partial charge in [-0.25, -0.2) is 4.79 Å². The maximum atomic E-state index is 12.8. The van der Waals surface area contributed by atoms with Crippen molar-refractivity contribution in [2.45, 2.75) is 63.5 Å². The van der Waals surface area contributed by atoms with Gasteiger partial charge in [-0.1, -0.05) is 25.7 Å². The molecule has 1 aliphatic carbocycles. The van der Waals surface area contributed by atoms with E-state index in [1.807, 2.05) is 0 Å². The molecule has 2 saturated heterocycles. The average Bonchev–Trinajstić information content (AvgIpc) is 2.75. The summed E-state index contributed by atoms with van der Waals surface area (Å²) in [6, 6.07) is 0.625. The molecule has 0 N–H and O–H groups in total. The largest absolute Gasteiger partial charge is 0.374 e. The highest BCUT2D eigenvalue weighted by Gasteiger charge is 2.38. The summed E-state index contributed by atoms with van der Waals surface area (Å²) in [7, 11) is 0. The first-order chi connectivity index (χ1) is 9.36. The van der Waals surface area contributed by atoms with Crippen molar-refractivity contribution < 1.29 is 9.53 Å². The number of urea groups is 1. The van der Waals surface area contributed by atoms with Gasteiger partial charge in [-0.05, 0) is 25.7 Å². The van der Waals surface area contributed by atoms with E-state index in [0.717, 1.165) is 39.1 Å². The summed E-state index contributed by atoms with van der Waals surface area (Å²) < 4.78 is 5.86. The lowest BCUT2D eigenvalue weighted by Gasteiger charge is -2.45. The standard InChI is InChI=1S/C15H26N2O2/c18-15(16-9-5-1-2-6-10-16)17-11-12-19-14-8-4-3-7-13(14)17/h13-14H,1-12H2. The molecule has 0 aromatic heterocycles. The monoisotopic (exact) mass is 266 g/mol. The van der Waals surface area contributed by atoms with Crippen molar-refractivity contribution in [2.75, 3.05) is 26.2 Å². The molecule has 2 amide bonds. The average molecular weight is 266 g/mol. The van der Waals surface area contributed by atoms with Crippen LogP contribution in [0.4, 0.5) is 4.79 Å². The van der Waals surface area contributed by atoms with Crippen LogP contribution in [0.3, 0.4) is 0 Å². The third kappa shape index (κ3) is 2.88. The Kier molecular flexibility index (Phi) is 4.26. The molecule has 1 saturated carbocycles. The molecule has 0 spiro atoms. The molecule has 3 aliphatic rings. The summed E-state index contributed by atoms with van der Waals surface area (Å²) in [5.74, 6) is 0. The van der Waals surface area contributed by atoms with E-state index in [1.165, 1.54) is 38.5 Å². The second-order valence-corrected chi connectivity index (χ2v) is 6.14. The molecule has 2 aliphatic heterocycles. The number of fused-ring (bicyclic) bond motifs is 1. The highest BCUT2D eigenvalue weighted by atomic mass is 16.5. The van der Waals surface area contributed by atoms with Crippen LogP contribution in [0.5, 0.6) is 0 Å². The molecular weight excluding hydrogens is 240 g/mol. The number of carbonyl (C=O) groups excluding carboxylic acids is 1. The van der Waals surface area contributed by atoms with E-state index < -0.39 is 0 Å². The Balaban J connectivity index is 1.66. The lowest BCUT2D eigenvalue weighted by atomic mass is 9.90. The molecule has 2 heterocycles. The SMILES string of the molecule is O=C(N1CCCCCC1)N1CCOC2CCCCC21. The Hall–Kier alpha value is -0.770. The molecule has 108 valence electrons. The van der Waals surface area contributed by atoms with Crippen molar-refractivity contribution in [1.29, 1.82) is 0 Å². The molecule has 0 bridgehead atoms. The number of rotatable bonds is 0. The molecule has 4 nitrogen and oxygen atoms in total. The number of ether oxygens (including phenoxy) is 1. The van der Waals surface area contributed by atoms with Gasteiger partial charge in [0, 0.05) is 19.6 Å². The van der Waals surface area contributed by atoms with Crippen LogP contribution in [0.25, 0.3) is 0 Å². The van der Waals surface area contributed by atoms with Gasteiger partial charge in [0.25, 0.3) is 0 Å². The number of morpholine rings is 1. The van der Waals surface area contributed by atoms with Crippen LogP contribution in [-0.4, -0.2) is 54.2 Å².